The number of halogens is 4. The Labute approximate surface area is 238 Å². The van der Waals surface area contributed by atoms with Gasteiger partial charge in [0, 0.05) is 12.6 Å². The van der Waals surface area contributed by atoms with Crippen molar-refractivity contribution in [3.05, 3.63) is 64.2 Å². The number of amides is 2. The van der Waals surface area contributed by atoms with Crippen LogP contribution in [0.25, 0.3) is 0 Å². The molecule has 2 aromatic rings. The Morgan fingerprint density at radius 3 is 2.25 bits per heavy atom. The predicted molar refractivity (Wildman–Crippen MR) is 149 cm³/mol. The van der Waals surface area contributed by atoms with Crippen molar-refractivity contribution in [2.24, 2.45) is 0 Å². The molecule has 1 fully saturated rings. The number of hydrogen-bond donors (Lipinski definition) is 1. The zero-order valence-corrected chi connectivity index (χ0v) is 24.4. The van der Waals surface area contributed by atoms with Crippen molar-refractivity contribution in [1.82, 2.24) is 10.2 Å². The average Bonchev–Trinajstić information content (AvgIpc) is 2.88. The van der Waals surface area contributed by atoms with Gasteiger partial charge in [0.1, 0.15) is 12.6 Å². The molecule has 220 valence electrons. The van der Waals surface area contributed by atoms with E-state index in [4.69, 9.17) is 11.6 Å². The summed E-state index contributed by atoms with van der Waals surface area (Å²) in [5.74, 6) is -1.09. The predicted octanol–water partition coefficient (Wildman–Crippen LogP) is 5.69. The standard InChI is InChI=1S/C28H35ClF3N3O4S/c1-4-24(27(37)33-22-8-6-5-7-9-22)34(17-20-12-10-19(2)11-13-20)26(36)18-35(40(3,38)39)25-16-21(28(30,31)32)14-15-23(25)29/h10-16,22,24H,4-9,17-18H2,1-3H3,(H,33,37)/t24-/m1/s1. The highest BCUT2D eigenvalue weighted by Crippen LogP contribution is 2.36. The number of anilines is 1. The second-order valence-electron chi connectivity index (χ2n) is 10.2. The Morgan fingerprint density at radius 1 is 1.07 bits per heavy atom. The van der Waals surface area contributed by atoms with Gasteiger partial charge in [0.15, 0.2) is 0 Å². The molecule has 0 aliphatic heterocycles. The molecule has 0 bridgehead atoms. The maximum Gasteiger partial charge on any atom is 0.416 e. The summed E-state index contributed by atoms with van der Waals surface area (Å²) >= 11 is 6.14. The van der Waals surface area contributed by atoms with E-state index in [1.807, 2.05) is 19.1 Å². The molecule has 40 heavy (non-hydrogen) atoms. The summed E-state index contributed by atoms with van der Waals surface area (Å²) in [5.41, 5.74) is 0.127. The number of benzene rings is 2. The fourth-order valence-corrected chi connectivity index (χ4v) is 5.95. The van der Waals surface area contributed by atoms with E-state index >= 15 is 0 Å². The molecule has 1 aliphatic rings. The van der Waals surface area contributed by atoms with E-state index in [0.29, 0.717) is 15.9 Å². The third-order valence-corrected chi connectivity index (χ3v) is 8.48. The molecule has 12 heteroatoms. The molecule has 1 atom stereocenters. The highest BCUT2D eigenvalue weighted by Gasteiger charge is 2.35. The van der Waals surface area contributed by atoms with Gasteiger partial charge < -0.3 is 10.2 Å². The first-order chi connectivity index (χ1) is 18.7. The smallest absolute Gasteiger partial charge is 0.352 e. The number of sulfonamides is 1. The molecule has 0 saturated heterocycles. The van der Waals surface area contributed by atoms with Crippen LogP contribution in [0.3, 0.4) is 0 Å². The third-order valence-electron chi connectivity index (χ3n) is 7.03. The molecule has 0 heterocycles. The molecule has 2 aromatic carbocycles. The van der Waals surface area contributed by atoms with Crippen LogP contribution in [0, 0.1) is 6.92 Å². The Balaban J connectivity index is 1.98. The summed E-state index contributed by atoms with van der Waals surface area (Å²) in [6, 6.07) is 8.67. The summed E-state index contributed by atoms with van der Waals surface area (Å²) in [5, 5.41) is 2.77. The summed E-state index contributed by atoms with van der Waals surface area (Å²) in [4.78, 5) is 28.5. The van der Waals surface area contributed by atoms with Crippen LogP contribution in [-0.2, 0) is 32.3 Å². The summed E-state index contributed by atoms with van der Waals surface area (Å²) < 4.78 is 66.4. The van der Waals surface area contributed by atoms with Crippen LogP contribution in [0.5, 0.6) is 0 Å². The highest BCUT2D eigenvalue weighted by atomic mass is 35.5. The number of rotatable bonds is 10. The molecule has 3 rings (SSSR count). The highest BCUT2D eigenvalue weighted by molar-refractivity contribution is 7.92. The van der Waals surface area contributed by atoms with Crippen molar-refractivity contribution in [3.63, 3.8) is 0 Å². The van der Waals surface area contributed by atoms with Gasteiger partial charge in [-0.15, -0.1) is 0 Å². The first-order valence-electron chi connectivity index (χ1n) is 13.2. The number of hydrogen-bond acceptors (Lipinski definition) is 4. The summed E-state index contributed by atoms with van der Waals surface area (Å²) in [6.45, 7) is 2.82. The second-order valence-corrected chi connectivity index (χ2v) is 12.5. The van der Waals surface area contributed by atoms with Gasteiger partial charge in [-0.2, -0.15) is 13.2 Å². The quantitative estimate of drug-likeness (QED) is 0.379. The van der Waals surface area contributed by atoms with Crippen molar-refractivity contribution >= 4 is 39.1 Å². The van der Waals surface area contributed by atoms with Gasteiger partial charge in [-0.1, -0.05) is 67.6 Å². The van der Waals surface area contributed by atoms with E-state index in [2.05, 4.69) is 5.32 Å². The molecule has 0 unspecified atom stereocenters. The van der Waals surface area contributed by atoms with E-state index in [-0.39, 0.29) is 29.9 Å². The van der Waals surface area contributed by atoms with Gasteiger partial charge in [-0.05, 0) is 49.9 Å². The number of nitrogens with zero attached hydrogens (tertiary/aromatic N) is 2. The zero-order chi connectivity index (χ0) is 29.7. The molecule has 0 aromatic heterocycles. The van der Waals surface area contributed by atoms with Crippen molar-refractivity contribution in [2.45, 2.75) is 77.2 Å². The normalized spacial score (nSPS) is 15.4. The van der Waals surface area contributed by atoms with E-state index in [9.17, 15) is 31.2 Å². The van der Waals surface area contributed by atoms with Crippen molar-refractivity contribution in [3.8, 4) is 0 Å². The van der Waals surface area contributed by atoms with Gasteiger partial charge in [0.05, 0.1) is 22.5 Å². The van der Waals surface area contributed by atoms with Crippen LogP contribution in [0.4, 0.5) is 18.9 Å². The second kappa shape index (κ2) is 13.2. The minimum absolute atomic E-state index is 0.00360. The lowest BCUT2D eigenvalue weighted by Crippen LogP contribution is -2.54. The third kappa shape index (κ3) is 8.36. The van der Waals surface area contributed by atoms with Crippen LogP contribution in [0.15, 0.2) is 42.5 Å². The zero-order valence-electron chi connectivity index (χ0n) is 22.8. The van der Waals surface area contributed by atoms with Crippen LogP contribution in [0.2, 0.25) is 5.02 Å². The maximum atomic E-state index is 13.8. The van der Waals surface area contributed by atoms with E-state index in [0.717, 1.165) is 56.1 Å². The van der Waals surface area contributed by atoms with Crippen LogP contribution < -0.4 is 9.62 Å². The SMILES string of the molecule is CC[C@H](C(=O)NC1CCCCC1)N(Cc1ccc(C)cc1)C(=O)CN(c1cc(C(F)(F)F)ccc1Cl)S(C)(=O)=O. The van der Waals surface area contributed by atoms with E-state index in [1.165, 1.54) is 4.90 Å². The average molecular weight is 602 g/mol. The maximum absolute atomic E-state index is 13.8. The van der Waals surface area contributed by atoms with Gasteiger partial charge in [0.25, 0.3) is 0 Å². The van der Waals surface area contributed by atoms with Gasteiger partial charge >= 0.3 is 6.18 Å². The lowest BCUT2D eigenvalue weighted by atomic mass is 9.95. The first-order valence-corrected chi connectivity index (χ1v) is 15.4. The van der Waals surface area contributed by atoms with Gasteiger partial charge in [0.2, 0.25) is 21.8 Å². The van der Waals surface area contributed by atoms with E-state index < -0.39 is 45.9 Å². The van der Waals surface area contributed by atoms with Gasteiger partial charge in [-0.25, -0.2) is 8.42 Å². The molecule has 1 N–H and O–H groups in total. The molecule has 7 nitrogen and oxygen atoms in total. The Morgan fingerprint density at radius 2 is 1.70 bits per heavy atom. The van der Waals surface area contributed by atoms with Gasteiger partial charge in [-0.3, -0.25) is 13.9 Å². The molecular formula is C28H35ClF3N3O4S. The number of aryl methyl sites for hydroxylation is 1. The molecule has 2 amide bonds. The summed E-state index contributed by atoms with van der Waals surface area (Å²) in [7, 11) is -4.25. The minimum Gasteiger partial charge on any atom is -0.352 e. The minimum atomic E-state index is -4.76. The summed E-state index contributed by atoms with van der Waals surface area (Å²) in [6.07, 6.45) is 1.04. The Kier molecular flexibility index (Phi) is 10.5. The lowest BCUT2D eigenvalue weighted by molar-refractivity contribution is -0.140. The first kappa shape index (κ1) is 31.7. The molecular weight excluding hydrogens is 567 g/mol. The molecule has 1 saturated carbocycles. The van der Waals surface area contributed by atoms with Crippen molar-refractivity contribution in [2.75, 3.05) is 17.1 Å². The van der Waals surface area contributed by atoms with Crippen molar-refractivity contribution < 1.29 is 31.2 Å². The number of nitrogens with one attached hydrogen (secondary N) is 1. The van der Waals surface area contributed by atoms with E-state index in [1.54, 1.807) is 19.1 Å². The number of carbonyl (C=O) groups is 2. The van der Waals surface area contributed by atoms with Crippen LogP contribution >= 0.6 is 11.6 Å². The Hall–Kier alpha value is -2.79. The largest absolute Gasteiger partial charge is 0.416 e. The van der Waals surface area contributed by atoms with Crippen LogP contribution in [0.1, 0.15) is 62.1 Å². The van der Waals surface area contributed by atoms with Crippen LogP contribution in [-0.4, -0.2) is 50.0 Å². The number of alkyl halides is 3. The molecule has 0 radical (unpaired) electrons. The molecule has 1 aliphatic carbocycles. The Bertz CT molecular complexity index is 1300. The fourth-order valence-electron chi connectivity index (χ4n) is 4.83. The fraction of sp³-hybridized carbons (Fsp3) is 0.500. The van der Waals surface area contributed by atoms with Crippen molar-refractivity contribution in [1.29, 1.82) is 0 Å². The molecule has 0 spiro atoms. The monoisotopic (exact) mass is 601 g/mol. The lowest BCUT2D eigenvalue weighted by Gasteiger charge is -2.34. The number of carbonyl (C=O) groups excluding carboxylic acids is 2. The topological polar surface area (TPSA) is 86.8 Å².